The lowest BCUT2D eigenvalue weighted by Crippen LogP contribution is -2.44. The second-order valence-corrected chi connectivity index (χ2v) is 12.6. The number of rotatable bonds is 4. The van der Waals surface area contributed by atoms with E-state index in [2.05, 4.69) is 24.0 Å². The molecule has 41 heavy (non-hydrogen) atoms. The van der Waals surface area contributed by atoms with Crippen LogP contribution in [0.15, 0.2) is 48.6 Å². The van der Waals surface area contributed by atoms with Crippen LogP contribution in [0.5, 0.6) is 5.75 Å². The van der Waals surface area contributed by atoms with E-state index in [4.69, 9.17) is 16.3 Å². The van der Waals surface area contributed by atoms with Crippen molar-refractivity contribution in [2.45, 2.75) is 70.5 Å². The number of halogens is 1. The Balaban J connectivity index is 1.54. The molecule has 2 aromatic rings. The first-order chi connectivity index (χ1) is 19.8. The summed E-state index contributed by atoms with van der Waals surface area (Å²) >= 11 is 6.40. The van der Waals surface area contributed by atoms with Crippen molar-refractivity contribution in [3.63, 3.8) is 0 Å². The summed E-state index contributed by atoms with van der Waals surface area (Å²) in [7, 11) is 1.80. The van der Waals surface area contributed by atoms with Gasteiger partial charge in [0.1, 0.15) is 5.75 Å². The summed E-state index contributed by atoms with van der Waals surface area (Å²) in [5, 5.41) is 23.3. The summed E-state index contributed by atoms with van der Waals surface area (Å²) in [4.78, 5) is 17.5. The fourth-order valence-corrected chi connectivity index (χ4v) is 7.07. The molecule has 2 N–H and O–H groups in total. The zero-order chi connectivity index (χ0) is 29.1. The Morgan fingerprint density at radius 2 is 1.90 bits per heavy atom. The van der Waals surface area contributed by atoms with Crippen LogP contribution in [0.1, 0.15) is 74.7 Å². The molecule has 1 amide bonds. The zero-order valence-corrected chi connectivity index (χ0v) is 25.4. The highest BCUT2D eigenvalue weighted by Gasteiger charge is 2.38. The summed E-state index contributed by atoms with van der Waals surface area (Å²) in [6, 6.07) is 12.1. The second kappa shape index (κ2) is 13.2. The van der Waals surface area contributed by atoms with Gasteiger partial charge in [-0.1, -0.05) is 56.2 Å². The molecular formula is C34H45ClN2O4. The summed E-state index contributed by atoms with van der Waals surface area (Å²) in [5.41, 5.74) is 4.22. The SMILES string of the molecule is CCCc1cc(Cl)ccc1C1COc2ccc3cc2N(C1)CC1CCC1C(O)/C=C/CCN(C)C(=O)C(CC)C3O. The maximum atomic E-state index is 13.4. The molecule has 2 aliphatic heterocycles. The molecule has 0 radical (unpaired) electrons. The second-order valence-electron chi connectivity index (χ2n) is 12.2. The number of hydrogen-bond acceptors (Lipinski definition) is 5. The summed E-state index contributed by atoms with van der Waals surface area (Å²) in [6.07, 6.45) is 7.80. The highest BCUT2D eigenvalue weighted by Crippen LogP contribution is 2.43. The van der Waals surface area contributed by atoms with E-state index < -0.39 is 18.1 Å². The highest BCUT2D eigenvalue weighted by molar-refractivity contribution is 6.30. The van der Waals surface area contributed by atoms with Crippen molar-refractivity contribution < 1.29 is 19.7 Å². The third kappa shape index (κ3) is 6.45. The monoisotopic (exact) mass is 580 g/mol. The lowest BCUT2D eigenvalue weighted by molar-refractivity contribution is -0.138. The molecule has 6 nitrogen and oxygen atoms in total. The first-order valence-corrected chi connectivity index (χ1v) is 15.8. The van der Waals surface area contributed by atoms with Gasteiger partial charge in [-0.2, -0.15) is 0 Å². The lowest BCUT2D eigenvalue weighted by Gasteiger charge is -2.43. The third-order valence-corrected chi connectivity index (χ3v) is 9.69. The fraction of sp³-hybridized carbons (Fsp3) is 0.559. The first kappa shape index (κ1) is 29.9. The van der Waals surface area contributed by atoms with Gasteiger partial charge >= 0.3 is 0 Å². The predicted molar refractivity (Wildman–Crippen MR) is 165 cm³/mol. The van der Waals surface area contributed by atoms with E-state index in [-0.39, 0.29) is 17.7 Å². The normalized spacial score (nSPS) is 29.7. The molecule has 7 heteroatoms. The molecule has 6 unspecified atom stereocenters. The fourth-order valence-electron chi connectivity index (χ4n) is 6.87. The topological polar surface area (TPSA) is 73.2 Å². The van der Waals surface area contributed by atoms with Gasteiger partial charge in [-0.15, -0.1) is 0 Å². The van der Waals surface area contributed by atoms with Crippen LogP contribution in [-0.4, -0.2) is 60.4 Å². The van der Waals surface area contributed by atoms with Crippen LogP contribution < -0.4 is 9.64 Å². The minimum atomic E-state index is -0.907. The molecule has 222 valence electrons. The van der Waals surface area contributed by atoms with Crippen molar-refractivity contribution >= 4 is 23.2 Å². The van der Waals surface area contributed by atoms with Gasteiger partial charge in [0.05, 0.1) is 30.4 Å². The molecule has 6 atom stereocenters. The molecular weight excluding hydrogens is 536 g/mol. The number of carbonyl (C=O) groups is 1. The minimum Gasteiger partial charge on any atom is -0.491 e. The van der Waals surface area contributed by atoms with E-state index in [0.29, 0.717) is 31.9 Å². The Labute approximate surface area is 249 Å². The summed E-state index contributed by atoms with van der Waals surface area (Å²) < 4.78 is 6.48. The van der Waals surface area contributed by atoms with Gasteiger partial charge in [0.25, 0.3) is 0 Å². The maximum Gasteiger partial charge on any atom is 0.228 e. The van der Waals surface area contributed by atoms with Crippen LogP contribution in [0.25, 0.3) is 0 Å². The Hall–Kier alpha value is -2.54. The number of carbonyl (C=O) groups excluding carboxylic acids is 1. The van der Waals surface area contributed by atoms with E-state index in [0.717, 1.165) is 60.8 Å². The van der Waals surface area contributed by atoms with E-state index in [1.54, 1.807) is 11.9 Å². The van der Waals surface area contributed by atoms with Crippen LogP contribution in [-0.2, 0) is 11.2 Å². The number of aliphatic hydroxyl groups is 2. The van der Waals surface area contributed by atoms with Gasteiger partial charge in [0.15, 0.2) is 0 Å². The molecule has 2 bridgehead atoms. The van der Waals surface area contributed by atoms with Crippen molar-refractivity contribution in [2.75, 3.05) is 38.2 Å². The van der Waals surface area contributed by atoms with Crippen molar-refractivity contribution in [2.24, 2.45) is 17.8 Å². The molecule has 2 aromatic carbocycles. The first-order valence-electron chi connectivity index (χ1n) is 15.4. The quantitative estimate of drug-likeness (QED) is 0.425. The van der Waals surface area contributed by atoms with Crippen LogP contribution in [0.4, 0.5) is 5.69 Å². The van der Waals surface area contributed by atoms with E-state index in [1.807, 2.05) is 43.3 Å². The average Bonchev–Trinajstić information content (AvgIpc) is 3.12. The maximum absolute atomic E-state index is 13.4. The number of ether oxygens (including phenoxy) is 1. The highest BCUT2D eigenvalue weighted by atomic mass is 35.5. The largest absolute Gasteiger partial charge is 0.491 e. The van der Waals surface area contributed by atoms with Crippen LogP contribution in [0.3, 0.4) is 0 Å². The number of nitrogens with zero attached hydrogens (tertiary/aromatic N) is 2. The van der Waals surface area contributed by atoms with Crippen LogP contribution in [0, 0.1) is 17.8 Å². The molecule has 0 aromatic heterocycles. The Kier molecular flexibility index (Phi) is 9.63. The van der Waals surface area contributed by atoms with E-state index >= 15 is 0 Å². The van der Waals surface area contributed by atoms with Crippen molar-refractivity contribution in [1.82, 2.24) is 4.90 Å². The van der Waals surface area contributed by atoms with Gasteiger partial charge < -0.3 is 24.7 Å². The van der Waals surface area contributed by atoms with Crippen LogP contribution in [0.2, 0.25) is 5.02 Å². The number of fused-ring (bicyclic) bond motifs is 2. The molecule has 5 rings (SSSR count). The number of aryl methyl sites for hydroxylation is 1. The Morgan fingerprint density at radius 3 is 2.63 bits per heavy atom. The van der Waals surface area contributed by atoms with Gasteiger partial charge in [-0.05, 0) is 84.9 Å². The van der Waals surface area contributed by atoms with Gasteiger partial charge in [-0.25, -0.2) is 0 Å². The molecule has 3 aliphatic rings. The van der Waals surface area contributed by atoms with Crippen molar-refractivity contribution in [3.05, 3.63) is 70.3 Å². The number of hydrogen-bond donors (Lipinski definition) is 2. The number of anilines is 1. The molecule has 0 spiro atoms. The standard InChI is InChI=1S/C34H45ClN2O4/c1-4-8-22-17-26(35)12-14-28(22)25-20-37-19-24-10-13-29(24)31(38)9-6-7-16-36(3)34(40)27(5-2)33(39)23-11-15-32(41-21-25)30(37)18-23/h6,9,11-12,14-15,17-18,24-25,27,29,31,33,38-39H,4-5,7-8,10,13,16,19-21H2,1-3H3/b9-6+. The molecule has 1 saturated carbocycles. The summed E-state index contributed by atoms with van der Waals surface area (Å²) in [6.45, 7) is 6.80. The molecule has 0 saturated heterocycles. The lowest BCUT2D eigenvalue weighted by atomic mass is 9.70. The van der Waals surface area contributed by atoms with Crippen LogP contribution >= 0.6 is 11.6 Å². The van der Waals surface area contributed by atoms with Gasteiger partial charge in [0, 0.05) is 37.6 Å². The van der Waals surface area contributed by atoms with E-state index in [9.17, 15) is 15.0 Å². The smallest absolute Gasteiger partial charge is 0.228 e. The molecule has 1 fully saturated rings. The average molecular weight is 581 g/mol. The zero-order valence-electron chi connectivity index (χ0n) is 24.6. The van der Waals surface area contributed by atoms with Gasteiger partial charge in [0.2, 0.25) is 5.91 Å². The van der Waals surface area contributed by atoms with Crippen molar-refractivity contribution in [1.29, 1.82) is 0 Å². The Bertz CT molecular complexity index is 1250. The Morgan fingerprint density at radius 1 is 1.07 bits per heavy atom. The molecule has 1 aliphatic carbocycles. The van der Waals surface area contributed by atoms with Gasteiger partial charge in [-0.3, -0.25) is 4.79 Å². The van der Waals surface area contributed by atoms with Crippen molar-refractivity contribution in [3.8, 4) is 5.75 Å². The number of amides is 1. The molecule has 2 heterocycles. The third-order valence-electron chi connectivity index (χ3n) is 9.46. The predicted octanol–water partition coefficient (Wildman–Crippen LogP) is 6.14. The number of aliphatic hydroxyl groups excluding tert-OH is 2. The van der Waals surface area contributed by atoms with E-state index in [1.165, 1.54) is 11.1 Å². The summed E-state index contributed by atoms with van der Waals surface area (Å²) in [5.74, 6) is 0.903. The minimum absolute atomic E-state index is 0.0607. The number of benzene rings is 2.